The van der Waals surface area contributed by atoms with E-state index in [0.717, 1.165) is 6.54 Å². The molecule has 0 radical (unpaired) electrons. The molecular weight excluding hydrogens is 424 g/mol. The molecule has 0 aliphatic rings. The van der Waals surface area contributed by atoms with E-state index in [4.69, 9.17) is 0 Å². The van der Waals surface area contributed by atoms with Gasteiger partial charge in [-0.3, -0.25) is 0 Å². The van der Waals surface area contributed by atoms with Crippen LogP contribution in [0.5, 0.6) is 0 Å². The first-order valence-electron chi connectivity index (χ1n) is 14.8. The Kier molecular flexibility index (Phi) is 15.9. The molecule has 0 bridgehead atoms. The maximum Gasteiger partial charge on any atom is 0.169 e. The molecule has 0 atom stereocenters. The Bertz CT molecular complexity index is 760. The zero-order chi connectivity index (χ0) is 25.0. The van der Waals surface area contributed by atoms with Gasteiger partial charge >= 0.3 is 0 Å². The number of anilines is 1. The molecule has 0 spiro atoms. The fourth-order valence-corrected chi connectivity index (χ4v) is 4.59. The van der Waals surface area contributed by atoms with Crippen molar-refractivity contribution >= 4 is 17.8 Å². The van der Waals surface area contributed by atoms with Gasteiger partial charge in [0, 0.05) is 37.3 Å². The van der Waals surface area contributed by atoms with Crippen molar-refractivity contribution in [2.24, 2.45) is 0 Å². The summed E-state index contributed by atoms with van der Waals surface area (Å²) in [5.41, 5.74) is 3.92. The Morgan fingerprint density at radius 2 is 1.00 bits per heavy atom. The maximum absolute atomic E-state index is 2.64. The molecule has 1 aromatic heterocycles. The van der Waals surface area contributed by atoms with E-state index in [1.54, 1.807) is 0 Å². The van der Waals surface area contributed by atoms with Crippen molar-refractivity contribution in [1.82, 2.24) is 0 Å². The van der Waals surface area contributed by atoms with E-state index in [1.807, 2.05) is 0 Å². The molecule has 194 valence electrons. The van der Waals surface area contributed by atoms with E-state index >= 15 is 0 Å². The number of aryl methyl sites for hydroxylation is 1. The minimum atomic E-state index is 1.11. The molecule has 2 aromatic rings. The lowest BCUT2D eigenvalue weighted by Crippen LogP contribution is -2.32. The summed E-state index contributed by atoms with van der Waals surface area (Å²) in [4.78, 5) is 2.64. The molecule has 0 fully saturated rings. The first-order valence-corrected chi connectivity index (χ1v) is 14.8. The van der Waals surface area contributed by atoms with Crippen molar-refractivity contribution in [1.29, 1.82) is 0 Å². The van der Waals surface area contributed by atoms with Crippen LogP contribution in [0.2, 0.25) is 0 Å². The van der Waals surface area contributed by atoms with E-state index in [2.05, 4.69) is 91.2 Å². The molecule has 1 aromatic carbocycles. The van der Waals surface area contributed by atoms with E-state index in [1.165, 1.54) is 120 Å². The first-order chi connectivity index (χ1) is 17.3. The summed E-state index contributed by atoms with van der Waals surface area (Å²) in [7, 11) is 0. The number of benzene rings is 1. The molecule has 2 nitrogen and oxygen atoms in total. The van der Waals surface area contributed by atoms with Crippen LogP contribution in [-0.2, 0) is 6.54 Å². The van der Waals surface area contributed by atoms with Gasteiger partial charge in [0.2, 0.25) is 0 Å². The molecule has 0 aliphatic carbocycles. The lowest BCUT2D eigenvalue weighted by Gasteiger charge is -2.25. The topological polar surface area (TPSA) is 7.12 Å². The van der Waals surface area contributed by atoms with E-state index < -0.39 is 0 Å². The number of hydrogen-bond donors (Lipinski definition) is 0. The normalized spacial score (nSPS) is 11.4. The molecule has 0 saturated carbocycles. The minimum Gasteiger partial charge on any atom is -0.372 e. The number of pyridine rings is 1. The lowest BCUT2D eigenvalue weighted by molar-refractivity contribution is -0.697. The van der Waals surface area contributed by atoms with Crippen LogP contribution in [0.25, 0.3) is 12.2 Å². The number of rotatable bonds is 20. The summed E-state index contributed by atoms with van der Waals surface area (Å²) in [6, 6.07) is 13.7. The van der Waals surface area contributed by atoms with Gasteiger partial charge in [-0.1, -0.05) is 116 Å². The van der Waals surface area contributed by atoms with Crippen molar-refractivity contribution in [3.05, 3.63) is 59.9 Å². The highest BCUT2D eigenvalue weighted by atomic mass is 15.1. The van der Waals surface area contributed by atoms with Gasteiger partial charge in [0.1, 0.15) is 6.54 Å². The zero-order valence-corrected chi connectivity index (χ0v) is 23.2. The van der Waals surface area contributed by atoms with Crippen LogP contribution in [0.15, 0.2) is 48.8 Å². The Hall–Kier alpha value is -2.09. The monoisotopic (exact) mass is 477 g/mol. The summed E-state index contributed by atoms with van der Waals surface area (Å²) in [6.07, 6.45) is 27.7. The second-order valence-electron chi connectivity index (χ2n) is 10.2. The van der Waals surface area contributed by atoms with E-state index in [0.29, 0.717) is 0 Å². The van der Waals surface area contributed by atoms with Crippen molar-refractivity contribution in [2.75, 3.05) is 18.0 Å². The quantitative estimate of drug-likeness (QED) is 0.136. The molecule has 2 heteroatoms. The number of aromatic nitrogens is 1. The van der Waals surface area contributed by atoms with Gasteiger partial charge in [-0.25, -0.2) is 4.57 Å². The number of nitrogens with zero attached hydrogens (tertiary/aromatic N) is 2. The fraction of sp³-hybridized carbons (Fsp3) is 0.606. The molecule has 0 N–H and O–H groups in total. The summed E-state index contributed by atoms with van der Waals surface area (Å²) in [6.45, 7) is 10.3. The number of hydrogen-bond acceptors (Lipinski definition) is 1. The highest BCUT2D eigenvalue weighted by Crippen LogP contribution is 2.19. The SMILES string of the molecule is CCCCCCCCN(CCCCCCCC)c1ccc(/C=C/c2cc[n+](CCCC)cc2)cc1. The van der Waals surface area contributed by atoms with Gasteiger partial charge in [0.05, 0.1) is 0 Å². The van der Waals surface area contributed by atoms with Crippen LogP contribution in [0.1, 0.15) is 122 Å². The van der Waals surface area contributed by atoms with Crippen molar-refractivity contribution in [2.45, 2.75) is 117 Å². The molecular formula is C33H53N2+. The Morgan fingerprint density at radius 3 is 1.51 bits per heavy atom. The van der Waals surface area contributed by atoms with Crippen LogP contribution in [0, 0.1) is 0 Å². The van der Waals surface area contributed by atoms with Gasteiger partial charge in [0.25, 0.3) is 0 Å². The van der Waals surface area contributed by atoms with Crippen molar-refractivity contribution in [3.8, 4) is 0 Å². The van der Waals surface area contributed by atoms with E-state index in [-0.39, 0.29) is 0 Å². The van der Waals surface area contributed by atoms with E-state index in [9.17, 15) is 0 Å². The average molecular weight is 478 g/mol. The molecule has 1 heterocycles. The third kappa shape index (κ3) is 13.0. The fourth-order valence-electron chi connectivity index (χ4n) is 4.59. The van der Waals surface area contributed by atoms with Crippen LogP contribution >= 0.6 is 0 Å². The van der Waals surface area contributed by atoms with Crippen LogP contribution in [0.4, 0.5) is 5.69 Å². The Labute approximate surface area is 217 Å². The predicted molar refractivity (Wildman–Crippen MR) is 156 cm³/mol. The standard InChI is InChI=1S/C33H53N2/c1-4-7-10-12-14-16-27-35(28-17-15-13-11-8-5-2)33-22-20-31(21-23-33)18-19-32-24-29-34(30-25-32)26-9-6-3/h18-25,29-30H,4-17,26-28H2,1-3H3/q+1. The predicted octanol–water partition coefficient (Wildman–Crippen LogP) is 9.47. The summed E-state index contributed by atoms with van der Waals surface area (Å²) >= 11 is 0. The number of unbranched alkanes of at least 4 members (excludes halogenated alkanes) is 11. The van der Waals surface area contributed by atoms with Crippen molar-refractivity contribution in [3.63, 3.8) is 0 Å². The second kappa shape index (κ2) is 19.1. The zero-order valence-electron chi connectivity index (χ0n) is 23.2. The molecule has 0 aliphatic heterocycles. The maximum atomic E-state index is 2.64. The summed E-state index contributed by atoms with van der Waals surface area (Å²) in [5.74, 6) is 0. The van der Waals surface area contributed by atoms with Crippen molar-refractivity contribution < 1.29 is 4.57 Å². The second-order valence-corrected chi connectivity index (χ2v) is 10.2. The largest absolute Gasteiger partial charge is 0.372 e. The van der Waals surface area contributed by atoms with Crippen LogP contribution < -0.4 is 9.47 Å². The molecule has 0 unspecified atom stereocenters. The van der Waals surface area contributed by atoms with Crippen LogP contribution in [-0.4, -0.2) is 13.1 Å². The summed E-state index contributed by atoms with van der Waals surface area (Å²) in [5, 5.41) is 0. The van der Waals surface area contributed by atoms with Gasteiger partial charge in [-0.05, 0) is 36.1 Å². The Morgan fingerprint density at radius 1 is 0.543 bits per heavy atom. The Balaban J connectivity index is 1.89. The molecule has 2 rings (SSSR count). The smallest absolute Gasteiger partial charge is 0.169 e. The lowest BCUT2D eigenvalue weighted by atomic mass is 10.1. The van der Waals surface area contributed by atoms with Gasteiger partial charge < -0.3 is 4.90 Å². The highest BCUT2D eigenvalue weighted by Gasteiger charge is 2.07. The van der Waals surface area contributed by atoms with Gasteiger partial charge in [0.15, 0.2) is 12.4 Å². The molecule has 0 saturated heterocycles. The highest BCUT2D eigenvalue weighted by molar-refractivity contribution is 5.70. The average Bonchev–Trinajstić information content (AvgIpc) is 2.90. The first kappa shape index (κ1) is 29.1. The molecule has 0 amide bonds. The molecule has 35 heavy (non-hydrogen) atoms. The minimum absolute atomic E-state index is 1.11. The summed E-state index contributed by atoms with van der Waals surface area (Å²) < 4.78 is 2.28. The van der Waals surface area contributed by atoms with Gasteiger partial charge in [-0.2, -0.15) is 0 Å². The third-order valence-electron chi connectivity index (χ3n) is 6.98. The van der Waals surface area contributed by atoms with Crippen LogP contribution in [0.3, 0.4) is 0 Å². The third-order valence-corrected chi connectivity index (χ3v) is 6.98. The van der Waals surface area contributed by atoms with Gasteiger partial charge in [-0.15, -0.1) is 0 Å².